The van der Waals surface area contributed by atoms with Gasteiger partial charge in [0.25, 0.3) is 0 Å². The Morgan fingerprint density at radius 2 is 1.41 bits per heavy atom. The predicted octanol–water partition coefficient (Wildman–Crippen LogP) is 3.10. The van der Waals surface area contributed by atoms with Gasteiger partial charge in [-0.05, 0) is 48.0 Å². The molecule has 0 fully saturated rings. The number of carbonyl (C=O) groups excluding carboxylic acids is 1. The van der Waals surface area contributed by atoms with Crippen molar-refractivity contribution in [2.45, 2.75) is 73.1 Å². The van der Waals surface area contributed by atoms with Gasteiger partial charge in [-0.3, -0.25) is 4.84 Å². The lowest BCUT2D eigenvalue weighted by Gasteiger charge is -2.39. The molecular formula is C17H37NO8Si. The lowest BCUT2D eigenvalue weighted by molar-refractivity contribution is -0.226. The summed E-state index contributed by atoms with van der Waals surface area (Å²) in [4.78, 5) is 18.0. The maximum absolute atomic E-state index is 12.7. The van der Waals surface area contributed by atoms with Gasteiger partial charge in [0.1, 0.15) is 5.67 Å². The number of hydrogen-bond acceptors (Lipinski definition) is 8. The zero-order valence-electron chi connectivity index (χ0n) is 18.0. The standard InChI is InChI=1S/C17H37NO8Si/c1-9-16(27(22-11-3,23-12-4)24-13-5)18(20-8)17(19)26-15(7)25-14(6)21-10-2/h14-16H,9-13H2,1-8H3. The largest absolute Gasteiger partial charge is 0.527 e. The summed E-state index contributed by atoms with van der Waals surface area (Å²) in [6.07, 6.45) is -1.53. The SMILES string of the molecule is CCOC(C)OC(C)OC(=O)N(OC)C(CC)[Si](OCC)(OCC)OCC. The van der Waals surface area contributed by atoms with E-state index in [0.717, 1.165) is 5.06 Å². The molecule has 3 atom stereocenters. The number of carbonyl (C=O) groups is 1. The van der Waals surface area contributed by atoms with Crippen LogP contribution in [-0.4, -0.2) is 71.7 Å². The summed E-state index contributed by atoms with van der Waals surface area (Å²) in [6, 6.07) is 0. The van der Waals surface area contributed by atoms with E-state index in [-0.39, 0.29) is 0 Å². The molecule has 27 heavy (non-hydrogen) atoms. The van der Waals surface area contributed by atoms with E-state index < -0.39 is 33.1 Å². The zero-order valence-corrected chi connectivity index (χ0v) is 19.0. The fraction of sp³-hybridized carbons (Fsp3) is 0.941. The molecule has 0 saturated carbocycles. The van der Waals surface area contributed by atoms with Crippen molar-refractivity contribution in [3.05, 3.63) is 0 Å². The molecule has 162 valence electrons. The van der Waals surface area contributed by atoms with Crippen LogP contribution in [0.15, 0.2) is 0 Å². The molecule has 0 heterocycles. The molecule has 0 N–H and O–H groups in total. The quantitative estimate of drug-likeness (QED) is 0.231. The Kier molecular flexibility index (Phi) is 13.9. The van der Waals surface area contributed by atoms with Crippen molar-refractivity contribution in [2.24, 2.45) is 0 Å². The van der Waals surface area contributed by atoms with Gasteiger partial charge in [0.15, 0.2) is 6.29 Å². The molecule has 0 aliphatic heterocycles. The molecule has 0 bridgehead atoms. The average Bonchev–Trinajstić information content (AvgIpc) is 2.59. The first kappa shape index (κ1) is 26.2. The second kappa shape index (κ2) is 14.3. The fourth-order valence-electron chi connectivity index (χ4n) is 2.67. The van der Waals surface area contributed by atoms with E-state index in [9.17, 15) is 4.79 Å². The predicted molar refractivity (Wildman–Crippen MR) is 102 cm³/mol. The van der Waals surface area contributed by atoms with Crippen LogP contribution in [0.1, 0.15) is 54.9 Å². The summed E-state index contributed by atoms with van der Waals surface area (Å²) >= 11 is 0. The number of ether oxygens (including phenoxy) is 3. The highest BCUT2D eigenvalue weighted by Gasteiger charge is 2.54. The van der Waals surface area contributed by atoms with Crippen LogP contribution >= 0.6 is 0 Å². The zero-order chi connectivity index (χ0) is 20.9. The minimum atomic E-state index is -3.23. The lowest BCUT2D eigenvalue weighted by Crippen LogP contribution is -2.63. The minimum Gasteiger partial charge on any atom is -0.418 e. The van der Waals surface area contributed by atoms with Crippen LogP contribution in [0, 0.1) is 0 Å². The van der Waals surface area contributed by atoms with Crippen molar-refractivity contribution < 1.29 is 37.1 Å². The van der Waals surface area contributed by atoms with Gasteiger partial charge in [0, 0.05) is 26.4 Å². The van der Waals surface area contributed by atoms with E-state index in [1.165, 1.54) is 7.11 Å². The van der Waals surface area contributed by atoms with E-state index >= 15 is 0 Å². The van der Waals surface area contributed by atoms with Crippen LogP contribution in [0.3, 0.4) is 0 Å². The summed E-state index contributed by atoms with van der Waals surface area (Å²) in [5.74, 6) is 0. The van der Waals surface area contributed by atoms with E-state index in [0.29, 0.717) is 32.8 Å². The summed E-state index contributed by atoms with van der Waals surface area (Å²) in [5, 5.41) is 1.11. The van der Waals surface area contributed by atoms with Gasteiger partial charge in [-0.25, -0.2) is 4.79 Å². The van der Waals surface area contributed by atoms with Crippen LogP contribution in [-0.2, 0) is 32.3 Å². The number of hydroxylamine groups is 2. The molecule has 0 spiro atoms. The first-order chi connectivity index (χ1) is 12.8. The van der Waals surface area contributed by atoms with Gasteiger partial charge in [-0.2, -0.15) is 5.06 Å². The van der Waals surface area contributed by atoms with Crippen molar-refractivity contribution in [3.8, 4) is 0 Å². The topological polar surface area (TPSA) is 84.9 Å². The molecule has 0 rings (SSSR count). The highest BCUT2D eigenvalue weighted by atomic mass is 28.4. The summed E-state index contributed by atoms with van der Waals surface area (Å²) in [5.41, 5.74) is -0.564. The van der Waals surface area contributed by atoms with Gasteiger partial charge in [-0.15, -0.1) is 0 Å². The Morgan fingerprint density at radius 1 is 0.889 bits per heavy atom. The second-order valence-corrected chi connectivity index (χ2v) is 8.19. The van der Waals surface area contributed by atoms with Crippen LogP contribution in [0.25, 0.3) is 0 Å². The maximum atomic E-state index is 12.7. The third-order valence-electron chi connectivity index (χ3n) is 3.54. The third kappa shape index (κ3) is 8.42. The number of rotatable bonds is 15. The van der Waals surface area contributed by atoms with Crippen LogP contribution in [0.4, 0.5) is 4.79 Å². The van der Waals surface area contributed by atoms with E-state index in [1.54, 1.807) is 13.8 Å². The Hall–Kier alpha value is -0.753. The van der Waals surface area contributed by atoms with E-state index in [2.05, 4.69) is 0 Å². The van der Waals surface area contributed by atoms with Gasteiger partial charge in [0.2, 0.25) is 6.29 Å². The normalized spacial score (nSPS) is 15.3. The number of nitrogens with zero attached hydrogens (tertiary/aromatic N) is 1. The van der Waals surface area contributed by atoms with Crippen molar-refractivity contribution >= 4 is 14.9 Å². The van der Waals surface area contributed by atoms with Gasteiger partial charge >= 0.3 is 14.9 Å². The average molecular weight is 412 g/mol. The monoisotopic (exact) mass is 411 g/mol. The van der Waals surface area contributed by atoms with Crippen molar-refractivity contribution in [3.63, 3.8) is 0 Å². The van der Waals surface area contributed by atoms with Crippen molar-refractivity contribution in [2.75, 3.05) is 33.5 Å². The van der Waals surface area contributed by atoms with Crippen molar-refractivity contribution in [1.29, 1.82) is 0 Å². The first-order valence-corrected chi connectivity index (χ1v) is 11.4. The summed E-state index contributed by atoms with van der Waals surface area (Å²) in [6.45, 7) is 14.3. The third-order valence-corrected chi connectivity index (χ3v) is 7.07. The molecule has 1 amide bonds. The summed E-state index contributed by atoms with van der Waals surface area (Å²) < 4.78 is 33.8. The van der Waals surface area contributed by atoms with E-state index in [4.69, 9.17) is 32.3 Å². The molecule has 0 aliphatic carbocycles. The van der Waals surface area contributed by atoms with Gasteiger partial charge < -0.3 is 27.5 Å². The lowest BCUT2D eigenvalue weighted by atomic mass is 10.5. The molecule has 0 radical (unpaired) electrons. The smallest absolute Gasteiger partial charge is 0.418 e. The molecule has 0 aromatic rings. The Bertz CT molecular complexity index is 384. The molecule has 3 unspecified atom stereocenters. The summed E-state index contributed by atoms with van der Waals surface area (Å²) in [7, 11) is -1.84. The van der Waals surface area contributed by atoms with E-state index in [1.807, 2.05) is 34.6 Å². The Balaban J connectivity index is 5.36. The van der Waals surface area contributed by atoms with Crippen molar-refractivity contribution in [1.82, 2.24) is 5.06 Å². The molecule has 0 aliphatic rings. The fourth-order valence-corrected chi connectivity index (χ4v) is 5.70. The maximum Gasteiger partial charge on any atom is 0.527 e. The second-order valence-electron chi connectivity index (χ2n) is 5.45. The highest BCUT2D eigenvalue weighted by Crippen LogP contribution is 2.24. The number of amides is 1. The molecule has 9 nitrogen and oxygen atoms in total. The Labute approximate surface area is 164 Å². The Morgan fingerprint density at radius 3 is 1.78 bits per heavy atom. The molecule has 0 aromatic carbocycles. The number of hydrogen-bond donors (Lipinski definition) is 0. The molecule has 0 saturated heterocycles. The first-order valence-electron chi connectivity index (χ1n) is 9.58. The minimum absolute atomic E-state index is 0.390. The molecular weight excluding hydrogens is 374 g/mol. The van der Waals surface area contributed by atoms with Gasteiger partial charge in [-0.1, -0.05) is 6.92 Å². The highest BCUT2D eigenvalue weighted by molar-refractivity contribution is 6.62. The van der Waals surface area contributed by atoms with Crippen LogP contribution in [0.2, 0.25) is 0 Å². The van der Waals surface area contributed by atoms with Crippen LogP contribution < -0.4 is 0 Å². The molecule has 0 aromatic heterocycles. The van der Waals surface area contributed by atoms with Crippen LogP contribution in [0.5, 0.6) is 0 Å². The van der Waals surface area contributed by atoms with Gasteiger partial charge in [0.05, 0.1) is 7.11 Å². The molecule has 10 heteroatoms.